The first-order valence-electron chi connectivity index (χ1n) is 5.54. The standard InChI is InChI=1S/C9H21N4O4P/c1-4-16-18(15,17-5-2)7-12-8(14)6-13(3)9(10)11/h4-7H2,1-3H3,(H3,10,11)(H,12,14). The van der Waals surface area contributed by atoms with Crippen LogP contribution >= 0.6 is 7.60 Å². The van der Waals surface area contributed by atoms with Gasteiger partial charge in [-0.25, -0.2) is 0 Å². The van der Waals surface area contributed by atoms with Crippen molar-refractivity contribution in [3.8, 4) is 0 Å². The van der Waals surface area contributed by atoms with Crippen molar-refractivity contribution >= 4 is 19.5 Å². The minimum absolute atomic E-state index is 0.0897. The summed E-state index contributed by atoms with van der Waals surface area (Å²) in [6.07, 6.45) is -0.195. The summed E-state index contributed by atoms with van der Waals surface area (Å²) in [6, 6.07) is 0. The second-order valence-electron chi connectivity index (χ2n) is 3.45. The number of nitrogens with two attached hydrogens (primary N) is 1. The second kappa shape index (κ2) is 8.07. The molecule has 0 aromatic heterocycles. The van der Waals surface area contributed by atoms with Gasteiger partial charge in [-0.1, -0.05) is 0 Å². The number of carbonyl (C=O) groups excluding carboxylic acids is 1. The van der Waals surface area contributed by atoms with Crippen LogP contribution in [0.5, 0.6) is 0 Å². The molecular weight excluding hydrogens is 259 g/mol. The maximum atomic E-state index is 12.0. The molecule has 0 rings (SSSR count). The fourth-order valence-electron chi connectivity index (χ4n) is 1.06. The van der Waals surface area contributed by atoms with E-state index in [9.17, 15) is 9.36 Å². The average Bonchev–Trinajstić information content (AvgIpc) is 2.27. The molecule has 106 valence electrons. The van der Waals surface area contributed by atoms with Gasteiger partial charge in [-0.05, 0) is 13.8 Å². The Balaban J connectivity index is 4.23. The number of amides is 1. The number of hydrogen-bond donors (Lipinski definition) is 3. The molecule has 4 N–H and O–H groups in total. The zero-order valence-electron chi connectivity index (χ0n) is 10.9. The summed E-state index contributed by atoms with van der Waals surface area (Å²) in [5, 5.41) is 9.53. The van der Waals surface area contributed by atoms with Gasteiger partial charge in [-0.2, -0.15) is 0 Å². The molecule has 0 fully saturated rings. The maximum Gasteiger partial charge on any atom is 0.349 e. The van der Waals surface area contributed by atoms with Crippen LogP contribution < -0.4 is 11.1 Å². The first-order chi connectivity index (χ1) is 8.34. The fourth-order valence-corrected chi connectivity index (χ4v) is 2.48. The molecule has 0 aliphatic heterocycles. The monoisotopic (exact) mass is 280 g/mol. The number of nitrogens with one attached hydrogen (secondary N) is 2. The van der Waals surface area contributed by atoms with Crippen molar-refractivity contribution in [1.29, 1.82) is 5.41 Å². The van der Waals surface area contributed by atoms with E-state index in [0.29, 0.717) is 0 Å². The molecule has 1 amide bonds. The van der Waals surface area contributed by atoms with E-state index in [1.165, 1.54) is 11.9 Å². The summed E-state index contributed by atoms with van der Waals surface area (Å²) in [7, 11) is -1.77. The molecule has 0 spiro atoms. The van der Waals surface area contributed by atoms with E-state index in [0.717, 1.165) is 0 Å². The normalized spacial score (nSPS) is 11.1. The molecule has 9 heteroatoms. The fraction of sp³-hybridized carbons (Fsp3) is 0.778. The van der Waals surface area contributed by atoms with Gasteiger partial charge in [0, 0.05) is 7.05 Å². The van der Waals surface area contributed by atoms with E-state index in [4.69, 9.17) is 20.2 Å². The Hall–Kier alpha value is -1.11. The Bertz CT molecular complexity index is 327. The molecule has 0 aliphatic rings. The van der Waals surface area contributed by atoms with E-state index < -0.39 is 13.5 Å². The molecule has 0 atom stereocenters. The van der Waals surface area contributed by atoms with Crippen molar-refractivity contribution in [3.63, 3.8) is 0 Å². The van der Waals surface area contributed by atoms with Crippen LogP contribution in [0, 0.1) is 5.41 Å². The highest BCUT2D eigenvalue weighted by Gasteiger charge is 2.24. The van der Waals surface area contributed by atoms with Gasteiger partial charge in [0.1, 0.15) is 6.29 Å². The quantitative estimate of drug-likeness (QED) is 0.331. The summed E-state index contributed by atoms with van der Waals surface area (Å²) in [4.78, 5) is 12.7. The van der Waals surface area contributed by atoms with Gasteiger partial charge in [-0.15, -0.1) is 0 Å². The van der Waals surface area contributed by atoms with Crippen LogP contribution in [-0.2, 0) is 18.4 Å². The Morgan fingerprint density at radius 3 is 2.28 bits per heavy atom. The first kappa shape index (κ1) is 16.9. The lowest BCUT2D eigenvalue weighted by Gasteiger charge is -2.19. The lowest BCUT2D eigenvalue weighted by Crippen LogP contribution is -2.41. The highest BCUT2D eigenvalue weighted by molar-refractivity contribution is 7.53. The molecule has 0 aromatic rings. The van der Waals surface area contributed by atoms with Gasteiger partial charge in [0.25, 0.3) is 0 Å². The summed E-state index contributed by atoms with van der Waals surface area (Å²) < 4.78 is 22.0. The van der Waals surface area contributed by atoms with Crippen molar-refractivity contribution in [1.82, 2.24) is 10.2 Å². The third-order valence-corrected chi connectivity index (χ3v) is 3.76. The van der Waals surface area contributed by atoms with Crippen LogP contribution in [0.15, 0.2) is 0 Å². The summed E-state index contributed by atoms with van der Waals surface area (Å²) in [6.45, 7) is 3.77. The molecule has 8 nitrogen and oxygen atoms in total. The number of likely N-dealkylation sites (N-methyl/N-ethyl adjacent to an activating group) is 1. The molecule has 0 heterocycles. The van der Waals surface area contributed by atoms with Crippen LogP contribution in [0.2, 0.25) is 0 Å². The Labute approximate surface area is 107 Å². The van der Waals surface area contributed by atoms with Crippen LogP contribution in [0.4, 0.5) is 0 Å². The van der Waals surface area contributed by atoms with Crippen molar-refractivity contribution in [3.05, 3.63) is 0 Å². The van der Waals surface area contributed by atoms with Crippen molar-refractivity contribution in [2.75, 3.05) is 33.1 Å². The topological polar surface area (TPSA) is 118 Å². The highest BCUT2D eigenvalue weighted by Crippen LogP contribution is 2.46. The van der Waals surface area contributed by atoms with Crippen LogP contribution in [0.3, 0.4) is 0 Å². The van der Waals surface area contributed by atoms with Gasteiger partial charge in [0.15, 0.2) is 5.96 Å². The van der Waals surface area contributed by atoms with Crippen molar-refractivity contribution in [2.45, 2.75) is 13.8 Å². The van der Waals surface area contributed by atoms with Crippen LogP contribution in [0.1, 0.15) is 13.8 Å². The Morgan fingerprint density at radius 1 is 1.39 bits per heavy atom. The number of rotatable bonds is 8. The van der Waals surface area contributed by atoms with Gasteiger partial charge in [0.2, 0.25) is 5.91 Å². The van der Waals surface area contributed by atoms with Crippen LogP contribution in [0.25, 0.3) is 0 Å². The molecule has 0 aromatic carbocycles. The third kappa shape index (κ3) is 6.58. The van der Waals surface area contributed by atoms with E-state index in [1.54, 1.807) is 13.8 Å². The van der Waals surface area contributed by atoms with Gasteiger partial charge in [-0.3, -0.25) is 14.8 Å². The first-order valence-corrected chi connectivity index (χ1v) is 7.27. The molecule has 0 aliphatic carbocycles. The van der Waals surface area contributed by atoms with E-state index >= 15 is 0 Å². The second-order valence-corrected chi connectivity index (χ2v) is 5.50. The minimum atomic E-state index is -3.28. The lowest BCUT2D eigenvalue weighted by molar-refractivity contribution is -0.121. The lowest BCUT2D eigenvalue weighted by atomic mass is 10.5. The number of hydrogen-bond acceptors (Lipinski definition) is 5. The number of nitrogens with zero attached hydrogens (tertiary/aromatic N) is 1. The van der Waals surface area contributed by atoms with Crippen molar-refractivity contribution in [2.24, 2.45) is 5.73 Å². The molecule has 18 heavy (non-hydrogen) atoms. The number of carbonyl (C=O) groups is 1. The van der Waals surface area contributed by atoms with E-state index in [2.05, 4.69) is 5.32 Å². The zero-order valence-corrected chi connectivity index (χ0v) is 11.8. The van der Waals surface area contributed by atoms with Gasteiger partial charge < -0.3 is 25.0 Å². The van der Waals surface area contributed by atoms with E-state index in [-0.39, 0.29) is 32.0 Å². The molecule has 0 unspecified atom stereocenters. The zero-order chi connectivity index (χ0) is 14.2. The molecule has 0 radical (unpaired) electrons. The predicted octanol–water partition coefficient (Wildman–Crippen LogP) is 0.151. The molecule has 0 saturated heterocycles. The Morgan fingerprint density at radius 2 is 1.89 bits per heavy atom. The van der Waals surface area contributed by atoms with Crippen molar-refractivity contribution < 1.29 is 18.4 Å². The largest absolute Gasteiger partial charge is 0.370 e. The van der Waals surface area contributed by atoms with E-state index in [1.807, 2.05) is 0 Å². The SMILES string of the molecule is CCOP(=O)(CNC(=O)CN(C)C(=N)N)OCC. The molecular formula is C9H21N4O4P. The maximum absolute atomic E-state index is 12.0. The van der Waals surface area contributed by atoms with Gasteiger partial charge >= 0.3 is 7.60 Å². The molecule has 0 bridgehead atoms. The summed E-state index contributed by atoms with van der Waals surface area (Å²) >= 11 is 0. The Kier molecular flexibility index (Phi) is 7.58. The smallest absolute Gasteiger partial charge is 0.349 e. The average molecular weight is 280 g/mol. The molecule has 0 saturated carbocycles. The number of guanidine groups is 1. The van der Waals surface area contributed by atoms with Gasteiger partial charge in [0.05, 0.1) is 19.8 Å². The van der Waals surface area contributed by atoms with Crippen LogP contribution in [-0.4, -0.2) is 49.9 Å². The summed E-state index contributed by atoms with van der Waals surface area (Å²) in [5.41, 5.74) is 5.19. The highest BCUT2D eigenvalue weighted by atomic mass is 31.2. The minimum Gasteiger partial charge on any atom is -0.370 e. The predicted molar refractivity (Wildman–Crippen MR) is 68.4 cm³/mol. The third-order valence-electron chi connectivity index (χ3n) is 1.91. The summed E-state index contributed by atoms with van der Waals surface area (Å²) in [5.74, 6) is -0.629.